The number of thioether (sulfide) groups is 1. The van der Waals surface area contributed by atoms with E-state index in [4.69, 9.17) is 0 Å². The lowest BCUT2D eigenvalue weighted by Gasteiger charge is -2.25. The van der Waals surface area contributed by atoms with E-state index in [1.165, 1.54) is 25.0 Å². The van der Waals surface area contributed by atoms with E-state index in [2.05, 4.69) is 16.7 Å². The predicted octanol–water partition coefficient (Wildman–Crippen LogP) is 1.55. The van der Waals surface area contributed by atoms with Gasteiger partial charge in [0.25, 0.3) is 0 Å². The van der Waals surface area contributed by atoms with Gasteiger partial charge in [0.2, 0.25) is 0 Å². The summed E-state index contributed by atoms with van der Waals surface area (Å²) in [4.78, 5) is 13.4. The van der Waals surface area contributed by atoms with Gasteiger partial charge in [0.05, 0.1) is 6.54 Å². The number of ketones is 1. The average Bonchev–Trinajstić information content (AvgIpc) is 2.53. The quantitative estimate of drug-likeness (QED) is 0.673. The van der Waals surface area contributed by atoms with Gasteiger partial charge in [0.15, 0.2) is 0 Å². The van der Waals surface area contributed by atoms with Crippen LogP contribution in [0.4, 0.5) is 0 Å². The van der Waals surface area contributed by atoms with E-state index in [9.17, 15) is 4.79 Å². The van der Waals surface area contributed by atoms with Crippen molar-refractivity contribution in [2.75, 3.05) is 25.4 Å². The van der Waals surface area contributed by atoms with Crippen molar-refractivity contribution in [1.82, 2.24) is 4.90 Å². The van der Waals surface area contributed by atoms with Crippen molar-refractivity contribution in [3.8, 4) is 0 Å². The summed E-state index contributed by atoms with van der Waals surface area (Å²) in [6.45, 7) is 2.88. The van der Waals surface area contributed by atoms with E-state index in [-0.39, 0.29) is 0 Å². The molecule has 2 saturated heterocycles. The molecular weight excluding hydrogens is 182 g/mol. The first kappa shape index (κ1) is 9.53. The third kappa shape index (κ3) is 2.71. The standard InChI is InChI=1S/C10H17NOS/c12-9-4-5-11(7-9)8-10-3-1-2-6-13-10/h10H,1-8H2. The van der Waals surface area contributed by atoms with Crippen molar-refractivity contribution < 1.29 is 4.79 Å². The summed E-state index contributed by atoms with van der Waals surface area (Å²) in [5, 5.41) is 0.805. The fourth-order valence-corrected chi connectivity index (χ4v) is 3.44. The molecule has 0 N–H and O–H groups in total. The number of carbonyl (C=O) groups is 1. The molecule has 0 aromatic rings. The highest BCUT2D eigenvalue weighted by Crippen LogP contribution is 2.26. The summed E-state index contributed by atoms with van der Waals surface area (Å²) in [6.07, 6.45) is 4.92. The molecule has 13 heavy (non-hydrogen) atoms. The highest BCUT2D eigenvalue weighted by atomic mass is 32.2. The maximum absolute atomic E-state index is 11.0. The van der Waals surface area contributed by atoms with Gasteiger partial charge in [-0.3, -0.25) is 9.69 Å². The molecule has 3 heteroatoms. The molecule has 2 nitrogen and oxygen atoms in total. The van der Waals surface area contributed by atoms with Crippen LogP contribution in [0, 0.1) is 0 Å². The van der Waals surface area contributed by atoms with E-state index in [0.29, 0.717) is 5.78 Å². The van der Waals surface area contributed by atoms with Crippen LogP contribution in [0.25, 0.3) is 0 Å². The molecule has 0 amide bonds. The molecule has 0 spiro atoms. The minimum Gasteiger partial charge on any atom is -0.298 e. The number of hydrogen-bond donors (Lipinski definition) is 0. The van der Waals surface area contributed by atoms with Gasteiger partial charge >= 0.3 is 0 Å². The smallest absolute Gasteiger partial charge is 0.148 e. The van der Waals surface area contributed by atoms with Crippen LogP contribution in [-0.2, 0) is 4.79 Å². The largest absolute Gasteiger partial charge is 0.298 e. The van der Waals surface area contributed by atoms with E-state index in [0.717, 1.165) is 31.3 Å². The van der Waals surface area contributed by atoms with Crippen molar-refractivity contribution in [2.24, 2.45) is 0 Å². The Labute approximate surface area is 84.1 Å². The zero-order valence-corrected chi connectivity index (χ0v) is 8.81. The maximum atomic E-state index is 11.0. The maximum Gasteiger partial charge on any atom is 0.148 e. The first-order valence-electron chi connectivity index (χ1n) is 5.20. The average molecular weight is 199 g/mol. The van der Waals surface area contributed by atoms with E-state index >= 15 is 0 Å². The lowest BCUT2D eigenvalue weighted by molar-refractivity contribution is -0.116. The fourth-order valence-electron chi connectivity index (χ4n) is 2.09. The summed E-state index contributed by atoms with van der Waals surface area (Å²) >= 11 is 2.10. The van der Waals surface area contributed by atoms with Crippen LogP contribution < -0.4 is 0 Å². The Morgan fingerprint density at radius 2 is 2.38 bits per heavy atom. The Hall–Kier alpha value is -0.0200. The Morgan fingerprint density at radius 1 is 1.46 bits per heavy atom. The Kier molecular flexibility index (Phi) is 3.28. The number of likely N-dealkylation sites (tertiary alicyclic amines) is 1. The minimum absolute atomic E-state index is 0.431. The molecule has 2 heterocycles. The van der Waals surface area contributed by atoms with Gasteiger partial charge < -0.3 is 0 Å². The Morgan fingerprint density at radius 3 is 3.00 bits per heavy atom. The fraction of sp³-hybridized carbons (Fsp3) is 0.900. The van der Waals surface area contributed by atoms with Gasteiger partial charge in [-0.2, -0.15) is 11.8 Å². The molecule has 0 aromatic heterocycles. The number of rotatable bonds is 2. The zero-order chi connectivity index (χ0) is 9.10. The van der Waals surface area contributed by atoms with Crippen molar-refractivity contribution in [2.45, 2.75) is 30.9 Å². The normalized spacial score (nSPS) is 31.1. The molecule has 0 bridgehead atoms. The van der Waals surface area contributed by atoms with E-state index < -0.39 is 0 Å². The monoisotopic (exact) mass is 199 g/mol. The molecule has 1 atom stereocenters. The topological polar surface area (TPSA) is 20.3 Å². The number of Topliss-reactive ketones (excluding diaryl/α,β-unsaturated/α-hetero) is 1. The van der Waals surface area contributed by atoms with E-state index in [1.807, 2.05) is 0 Å². The first-order valence-corrected chi connectivity index (χ1v) is 6.25. The first-order chi connectivity index (χ1) is 6.34. The predicted molar refractivity (Wildman–Crippen MR) is 56.2 cm³/mol. The van der Waals surface area contributed by atoms with Crippen LogP contribution in [0.3, 0.4) is 0 Å². The van der Waals surface area contributed by atoms with Crippen LogP contribution in [0.1, 0.15) is 25.7 Å². The lowest BCUT2D eigenvalue weighted by atomic mass is 10.2. The van der Waals surface area contributed by atoms with Gasteiger partial charge in [0, 0.05) is 24.8 Å². The van der Waals surface area contributed by atoms with Gasteiger partial charge in [-0.25, -0.2) is 0 Å². The zero-order valence-electron chi connectivity index (χ0n) is 8.00. The van der Waals surface area contributed by atoms with Crippen LogP contribution in [0.15, 0.2) is 0 Å². The minimum atomic E-state index is 0.431. The van der Waals surface area contributed by atoms with Gasteiger partial charge in [0.1, 0.15) is 5.78 Å². The summed E-state index contributed by atoms with van der Waals surface area (Å²) < 4.78 is 0. The third-order valence-corrected chi connectivity index (χ3v) is 4.22. The molecule has 0 aromatic carbocycles. The molecule has 0 radical (unpaired) electrons. The highest BCUT2D eigenvalue weighted by molar-refractivity contribution is 7.99. The SMILES string of the molecule is O=C1CCN(CC2CCCCS2)C1. The Balaban J connectivity index is 1.73. The second-order valence-corrected chi connectivity index (χ2v) is 5.42. The van der Waals surface area contributed by atoms with Gasteiger partial charge in [-0.1, -0.05) is 6.42 Å². The van der Waals surface area contributed by atoms with Crippen molar-refractivity contribution in [1.29, 1.82) is 0 Å². The van der Waals surface area contributed by atoms with Gasteiger partial charge in [-0.05, 0) is 18.6 Å². The summed E-state index contributed by atoms with van der Waals surface area (Å²) in [5.74, 6) is 1.76. The molecule has 2 aliphatic heterocycles. The van der Waals surface area contributed by atoms with Crippen LogP contribution in [0.5, 0.6) is 0 Å². The molecule has 74 valence electrons. The van der Waals surface area contributed by atoms with Crippen LogP contribution in [-0.4, -0.2) is 41.3 Å². The second kappa shape index (κ2) is 4.47. The molecule has 1 unspecified atom stereocenters. The van der Waals surface area contributed by atoms with Crippen LogP contribution >= 0.6 is 11.8 Å². The third-order valence-electron chi connectivity index (χ3n) is 2.84. The molecule has 2 fully saturated rings. The number of nitrogens with zero attached hydrogens (tertiary/aromatic N) is 1. The van der Waals surface area contributed by atoms with Crippen molar-refractivity contribution in [3.05, 3.63) is 0 Å². The number of hydrogen-bond acceptors (Lipinski definition) is 3. The molecule has 0 aliphatic carbocycles. The lowest BCUT2D eigenvalue weighted by Crippen LogP contribution is -2.30. The van der Waals surface area contributed by atoms with Gasteiger partial charge in [-0.15, -0.1) is 0 Å². The number of carbonyl (C=O) groups excluding carboxylic acids is 1. The summed E-state index contributed by atoms with van der Waals surface area (Å²) in [6, 6.07) is 0. The summed E-state index contributed by atoms with van der Waals surface area (Å²) in [5.41, 5.74) is 0. The van der Waals surface area contributed by atoms with Crippen molar-refractivity contribution >= 4 is 17.5 Å². The van der Waals surface area contributed by atoms with Crippen molar-refractivity contribution in [3.63, 3.8) is 0 Å². The van der Waals surface area contributed by atoms with E-state index in [1.54, 1.807) is 0 Å². The molecular formula is C10H17NOS. The molecule has 2 rings (SSSR count). The molecule has 2 aliphatic rings. The molecule has 0 saturated carbocycles. The highest BCUT2D eigenvalue weighted by Gasteiger charge is 2.23. The Bertz CT molecular complexity index is 189. The summed E-state index contributed by atoms with van der Waals surface area (Å²) in [7, 11) is 0. The second-order valence-electron chi connectivity index (χ2n) is 4.01. The van der Waals surface area contributed by atoms with Crippen LogP contribution in [0.2, 0.25) is 0 Å².